The van der Waals surface area contributed by atoms with Gasteiger partial charge in [-0.2, -0.15) is 0 Å². The van der Waals surface area contributed by atoms with Crippen molar-refractivity contribution in [2.45, 2.75) is 6.42 Å². The lowest BCUT2D eigenvalue weighted by Crippen LogP contribution is -2.01. The summed E-state index contributed by atoms with van der Waals surface area (Å²) in [5.74, 6) is 0.390. The fraction of sp³-hybridized carbons (Fsp3) is 0.182. The first-order valence-electron chi connectivity index (χ1n) is 4.82. The molecule has 3 nitrogen and oxygen atoms in total. The molecule has 2 rings (SSSR count). The summed E-state index contributed by atoms with van der Waals surface area (Å²) in [4.78, 5) is 0. The van der Waals surface area contributed by atoms with Crippen LogP contribution in [0.1, 0.15) is 5.76 Å². The van der Waals surface area contributed by atoms with Crippen LogP contribution in [-0.2, 0) is 6.42 Å². The van der Waals surface area contributed by atoms with Crippen LogP contribution in [0, 0.1) is 5.82 Å². The second kappa shape index (κ2) is 4.76. The Morgan fingerprint density at radius 1 is 1.38 bits per heavy atom. The molecule has 1 heterocycles. The molecule has 0 spiro atoms. The molecule has 84 valence electrons. The number of hydrogen-bond donors (Lipinski definition) is 1. The Bertz CT molecular complexity index is 498. The van der Waals surface area contributed by atoms with E-state index in [0.717, 1.165) is 0 Å². The Morgan fingerprint density at radius 2 is 2.19 bits per heavy atom. The van der Waals surface area contributed by atoms with Crippen LogP contribution in [0.5, 0.6) is 0 Å². The Balaban J connectivity index is 2.31. The van der Waals surface area contributed by atoms with Gasteiger partial charge in [-0.15, -0.1) is 0 Å². The average Bonchev–Trinajstić information content (AvgIpc) is 2.71. The maximum Gasteiger partial charge on any atom is 0.138 e. The lowest BCUT2D eigenvalue weighted by Gasteiger charge is -1.97. The molecule has 16 heavy (non-hydrogen) atoms. The molecule has 0 saturated carbocycles. The monoisotopic (exact) mass is 284 g/mol. The van der Waals surface area contributed by atoms with E-state index in [1.165, 1.54) is 6.07 Å². The Morgan fingerprint density at radius 3 is 2.88 bits per heavy atom. The highest BCUT2D eigenvalue weighted by Crippen LogP contribution is 2.24. The quantitative estimate of drug-likeness (QED) is 0.943. The van der Waals surface area contributed by atoms with Crippen LogP contribution in [0.4, 0.5) is 4.39 Å². The molecule has 0 aliphatic carbocycles. The minimum atomic E-state index is -0.319. The van der Waals surface area contributed by atoms with E-state index in [4.69, 9.17) is 10.3 Å². The largest absolute Gasteiger partial charge is 0.361 e. The van der Waals surface area contributed by atoms with Gasteiger partial charge in [-0.25, -0.2) is 4.39 Å². The van der Waals surface area contributed by atoms with Gasteiger partial charge in [0, 0.05) is 18.1 Å². The van der Waals surface area contributed by atoms with Crippen molar-refractivity contribution >= 4 is 15.9 Å². The first-order chi connectivity index (χ1) is 7.70. The molecule has 0 atom stereocenters. The van der Waals surface area contributed by atoms with E-state index >= 15 is 0 Å². The van der Waals surface area contributed by atoms with E-state index in [-0.39, 0.29) is 5.82 Å². The molecule has 0 radical (unpaired) electrons. The molecule has 0 saturated heterocycles. The van der Waals surface area contributed by atoms with Crippen molar-refractivity contribution in [1.82, 2.24) is 5.16 Å². The number of nitrogens with two attached hydrogens (primary N) is 1. The summed E-state index contributed by atoms with van der Waals surface area (Å²) in [5, 5.41) is 3.86. The summed E-state index contributed by atoms with van der Waals surface area (Å²) in [6.07, 6.45) is 0.631. The zero-order valence-corrected chi connectivity index (χ0v) is 10.00. The summed E-state index contributed by atoms with van der Waals surface area (Å²) in [6, 6.07) is 6.60. The highest BCUT2D eigenvalue weighted by molar-refractivity contribution is 9.10. The molecule has 2 aromatic rings. The second-order valence-corrected chi connectivity index (χ2v) is 4.20. The molecular formula is C11H10BrFN2O. The fourth-order valence-corrected chi connectivity index (χ4v) is 1.61. The first-order valence-corrected chi connectivity index (χ1v) is 5.61. The van der Waals surface area contributed by atoms with E-state index in [9.17, 15) is 4.39 Å². The lowest BCUT2D eigenvalue weighted by molar-refractivity contribution is 0.386. The van der Waals surface area contributed by atoms with Gasteiger partial charge in [0.25, 0.3) is 0 Å². The zero-order valence-electron chi connectivity index (χ0n) is 8.41. The van der Waals surface area contributed by atoms with E-state index in [1.807, 2.05) is 0 Å². The number of halogens is 2. The second-order valence-electron chi connectivity index (χ2n) is 3.35. The maximum atomic E-state index is 13.3. The predicted molar refractivity (Wildman–Crippen MR) is 62.4 cm³/mol. The van der Waals surface area contributed by atoms with Crippen molar-refractivity contribution in [2.75, 3.05) is 6.54 Å². The number of rotatable bonds is 3. The van der Waals surface area contributed by atoms with E-state index in [0.29, 0.717) is 34.5 Å². The highest BCUT2D eigenvalue weighted by Gasteiger charge is 2.08. The Kier molecular flexibility index (Phi) is 3.36. The fourth-order valence-electron chi connectivity index (χ4n) is 1.36. The van der Waals surface area contributed by atoms with Crippen LogP contribution in [0.25, 0.3) is 11.3 Å². The van der Waals surface area contributed by atoms with Crippen LogP contribution < -0.4 is 5.73 Å². The van der Waals surface area contributed by atoms with Gasteiger partial charge in [0.2, 0.25) is 0 Å². The maximum absolute atomic E-state index is 13.3. The van der Waals surface area contributed by atoms with Crippen molar-refractivity contribution < 1.29 is 8.91 Å². The van der Waals surface area contributed by atoms with E-state index in [2.05, 4.69) is 21.1 Å². The van der Waals surface area contributed by atoms with Crippen molar-refractivity contribution in [3.63, 3.8) is 0 Å². The Hall–Kier alpha value is -1.20. The summed E-state index contributed by atoms with van der Waals surface area (Å²) >= 11 is 3.10. The standard InChI is InChI=1S/C11H10BrFN2O/c12-9-2-1-7(5-10(9)13)11-6-8(3-4-14)16-15-11/h1-2,5-6H,3-4,14H2. The molecule has 1 aromatic carbocycles. The number of benzene rings is 1. The summed E-state index contributed by atoms with van der Waals surface area (Å²) in [5.41, 5.74) is 6.71. The van der Waals surface area contributed by atoms with Crippen LogP contribution in [0.2, 0.25) is 0 Å². The summed E-state index contributed by atoms with van der Waals surface area (Å²) < 4.78 is 18.8. The Labute approximate surface area is 101 Å². The smallest absolute Gasteiger partial charge is 0.138 e. The molecular weight excluding hydrogens is 275 g/mol. The third kappa shape index (κ3) is 2.31. The molecule has 0 aliphatic rings. The van der Waals surface area contributed by atoms with Crippen LogP contribution in [0.15, 0.2) is 33.3 Å². The molecule has 0 amide bonds. The molecule has 0 bridgehead atoms. The molecule has 0 fully saturated rings. The highest BCUT2D eigenvalue weighted by atomic mass is 79.9. The van der Waals surface area contributed by atoms with Gasteiger partial charge in [-0.3, -0.25) is 0 Å². The normalized spacial score (nSPS) is 10.7. The van der Waals surface area contributed by atoms with E-state index < -0.39 is 0 Å². The van der Waals surface area contributed by atoms with E-state index in [1.54, 1.807) is 18.2 Å². The average molecular weight is 285 g/mol. The zero-order chi connectivity index (χ0) is 11.5. The number of nitrogens with zero attached hydrogens (tertiary/aromatic N) is 1. The molecule has 0 unspecified atom stereocenters. The molecule has 2 N–H and O–H groups in total. The van der Waals surface area contributed by atoms with Crippen molar-refractivity contribution in [3.05, 3.63) is 40.3 Å². The third-order valence-electron chi connectivity index (χ3n) is 2.17. The minimum Gasteiger partial charge on any atom is -0.361 e. The van der Waals surface area contributed by atoms with Gasteiger partial charge < -0.3 is 10.3 Å². The van der Waals surface area contributed by atoms with Gasteiger partial charge >= 0.3 is 0 Å². The van der Waals surface area contributed by atoms with Crippen molar-refractivity contribution in [3.8, 4) is 11.3 Å². The molecule has 0 aliphatic heterocycles. The number of aromatic nitrogens is 1. The van der Waals surface area contributed by atoms with Gasteiger partial charge in [0.1, 0.15) is 17.3 Å². The van der Waals surface area contributed by atoms with Crippen molar-refractivity contribution in [1.29, 1.82) is 0 Å². The minimum absolute atomic E-state index is 0.319. The summed E-state index contributed by atoms with van der Waals surface area (Å²) in [7, 11) is 0. The van der Waals surface area contributed by atoms with Gasteiger partial charge in [-0.05, 0) is 34.6 Å². The summed E-state index contributed by atoms with van der Waals surface area (Å²) in [6.45, 7) is 0.503. The van der Waals surface area contributed by atoms with Crippen LogP contribution in [-0.4, -0.2) is 11.7 Å². The van der Waals surface area contributed by atoms with Gasteiger partial charge in [-0.1, -0.05) is 11.2 Å². The van der Waals surface area contributed by atoms with Crippen LogP contribution in [0.3, 0.4) is 0 Å². The predicted octanol–water partition coefficient (Wildman–Crippen LogP) is 2.74. The molecule has 1 aromatic heterocycles. The third-order valence-corrected chi connectivity index (χ3v) is 2.81. The van der Waals surface area contributed by atoms with Gasteiger partial charge in [0.05, 0.1) is 4.47 Å². The SMILES string of the molecule is NCCc1cc(-c2ccc(Br)c(F)c2)no1. The molecule has 5 heteroatoms. The first kappa shape index (κ1) is 11.3. The van der Waals surface area contributed by atoms with Crippen molar-refractivity contribution in [2.24, 2.45) is 5.73 Å². The number of hydrogen-bond acceptors (Lipinski definition) is 3. The van der Waals surface area contributed by atoms with Gasteiger partial charge in [0.15, 0.2) is 0 Å². The van der Waals surface area contributed by atoms with Crippen LogP contribution >= 0.6 is 15.9 Å². The lowest BCUT2D eigenvalue weighted by atomic mass is 10.1. The topological polar surface area (TPSA) is 52.0 Å².